The summed E-state index contributed by atoms with van der Waals surface area (Å²) in [6.45, 7) is 1.32. The first-order chi connectivity index (χ1) is 5.68. The summed E-state index contributed by atoms with van der Waals surface area (Å²) < 4.78 is 4.97. The first kappa shape index (κ1) is 8.97. The maximum Gasteiger partial charge on any atom is 0.303 e. The highest BCUT2D eigenvalue weighted by Gasteiger charge is 2.32. The van der Waals surface area contributed by atoms with Gasteiger partial charge in [0.25, 0.3) is 0 Å². The second-order valence-electron chi connectivity index (χ2n) is 2.99. The smallest absolute Gasteiger partial charge is 0.303 e. The maximum atomic E-state index is 10.7. The van der Waals surface area contributed by atoms with Crippen molar-refractivity contribution in [3.63, 3.8) is 0 Å². The van der Waals surface area contributed by atoms with E-state index >= 15 is 0 Å². The van der Waals surface area contributed by atoms with Crippen LogP contribution in [0.1, 0.15) is 26.2 Å². The van der Waals surface area contributed by atoms with Gasteiger partial charge in [-0.25, -0.2) is 0 Å². The minimum Gasteiger partial charge on any atom is -0.451 e. The van der Waals surface area contributed by atoms with Gasteiger partial charge in [0.05, 0.1) is 0 Å². The molecule has 1 rings (SSSR count). The number of rotatable bonds is 2. The van der Waals surface area contributed by atoms with Crippen LogP contribution in [-0.2, 0) is 14.3 Å². The van der Waals surface area contributed by atoms with Crippen molar-refractivity contribution in [1.82, 2.24) is 0 Å². The monoisotopic (exact) mass is 168 g/mol. The first-order valence-corrected chi connectivity index (χ1v) is 3.99. The minimum absolute atomic E-state index is 0.391. The normalized spacial score (nSPS) is 28.1. The van der Waals surface area contributed by atoms with Crippen molar-refractivity contribution in [2.45, 2.75) is 31.8 Å². The van der Waals surface area contributed by atoms with Crippen LogP contribution in [0.15, 0.2) is 12.2 Å². The van der Waals surface area contributed by atoms with Gasteiger partial charge in [-0.15, -0.1) is 0 Å². The van der Waals surface area contributed by atoms with Gasteiger partial charge in [0.2, 0.25) is 0 Å². The molecule has 0 N–H and O–H groups in total. The molecule has 0 fully saturated rings. The molecular weight excluding hydrogens is 156 g/mol. The van der Waals surface area contributed by atoms with E-state index in [2.05, 4.69) is 0 Å². The zero-order valence-electron chi connectivity index (χ0n) is 7.08. The molecule has 0 radical (unpaired) electrons. The molecule has 1 aliphatic carbocycles. The van der Waals surface area contributed by atoms with Gasteiger partial charge in [-0.1, -0.05) is 12.2 Å². The van der Waals surface area contributed by atoms with E-state index < -0.39 is 11.6 Å². The van der Waals surface area contributed by atoms with Crippen LogP contribution in [0, 0.1) is 0 Å². The Bertz CT molecular complexity index is 220. The molecule has 0 aromatic carbocycles. The van der Waals surface area contributed by atoms with Gasteiger partial charge >= 0.3 is 5.97 Å². The van der Waals surface area contributed by atoms with Gasteiger partial charge in [-0.3, -0.25) is 9.59 Å². The first-order valence-electron chi connectivity index (χ1n) is 3.99. The molecule has 0 spiro atoms. The molecule has 0 bridgehead atoms. The lowest BCUT2D eigenvalue weighted by Gasteiger charge is -2.28. The Kier molecular flexibility index (Phi) is 2.63. The third-order valence-electron chi connectivity index (χ3n) is 1.93. The lowest BCUT2D eigenvalue weighted by molar-refractivity contribution is -0.161. The second kappa shape index (κ2) is 3.52. The fourth-order valence-electron chi connectivity index (χ4n) is 1.34. The van der Waals surface area contributed by atoms with E-state index in [1.165, 1.54) is 6.92 Å². The molecule has 1 atom stereocenters. The number of esters is 1. The third-order valence-corrected chi connectivity index (χ3v) is 1.93. The van der Waals surface area contributed by atoms with Crippen molar-refractivity contribution in [3.05, 3.63) is 12.2 Å². The number of carbonyl (C=O) groups excluding carboxylic acids is 2. The van der Waals surface area contributed by atoms with Gasteiger partial charge < -0.3 is 4.74 Å². The predicted molar refractivity (Wildman–Crippen MR) is 43.6 cm³/mol. The van der Waals surface area contributed by atoms with Crippen molar-refractivity contribution < 1.29 is 14.3 Å². The predicted octanol–water partition coefficient (Wildman–Crippen LogP) is 1.23. The highest BCUT2D eigenvalue weighted by molar-refractivity contribution is 5.73. The summed E-state index contributed by atoms with van der Waals surface area (Å²) in [5.74, 6) is -0.391. The third kappa shape index (κ3) is 1.94. The zero-order valence-corrected chi connectivity index (χ0v) is 7.08. The van der Waals surface area contributed by atoms with Gasteiger partial charge in [0, 0.05) is 13.3 Å². The second-order valence-corrected chi connectivity index (χ2v) is 2.99. The summed E-state index contributed by atoms with van der Waals surface area (Å²) in [4.78, 5) is 21.4. The molecule has 3 heteroatoms. The number of aldehydes is 1. The molecule has 66 valence electrons. The average Bonchev–Trinajstić information content (AvgIpc) is 2.05. The molecule has 0 aromatic heterocycles. The van der Waals surface area contributed by atoms with Crippen LogP contribution in [0.4, 0.5) is 0 Å². The van der Waals surface area contributed by atoms with Crippen LogP contribution < -0.4 is 0 Å². The number of carbonyl (C=O) groups is 2. The van der Waals surface area contributed by atoms with Gasteiger partial charge in [-0.05, 0) is 12.8 Å². The Hall–Kier alpha value is -1.12. The molecule has 1 aliphatic rings. The summed E-state index contributed by atoms with van der Waals surface area (Å²) in [7, 11) is 0. The van der Waals surface area contributed by atoms with Gasteiger partial charge in [-0.2, -0.15) is 0 Å². The van der Waals surface area contributed by atoms with E-state index in [-0.39, 0.29) is 0 Å². The van der Waals surface area contributed by atoms with Crippen LogP contribution >= 0.6 is 0 Å². The minimum atomic E-state index is -0.874. The Morgan fingerprint density at radius 1 is 1.58 bits per heavy atom. The summed E-state index contributed by atoms with van der Waals surface area (Å²) in [6, 6.07) is 0. The van der Waals surface area contributed by atoms with Crippen molar-refractivity contribution in [3.8, 4) is 0 Å². The van der Waals surface area contributed by atoms with E-state index in [0.29, 0.717) is 12.8 Å². The Balaban J connectivity index is 2.68. The fourth-order valence-corrected chi connectivity index (χ4v) is 1.34. The summed E-state index contributed by atoms with van der Waals surface area (Å²) >= 11 is 0. The number of allylic oxidation sites excluding steroid dienone is 1. The number of ether oxygens (including phenoxy) is 1. The Morgan fingerprint density at radius 3 is 2.75 bits per heavy atom. The van der Waals surface area contributed by atoms with Crippen LogP contribution in [0.25, 0.3) is 0 Å². The molecule has 0 aromatic rings. The van der Waals surface area contributed by atoms with Crippen molar-refractivity contribution >= 4 is 12.3 Å². The lowest BCUT2D eigenvalue weighted by Crippen LogP contribution is -2.36. The number of hydrogen-bond acceptors (Lipinski definition) is 3. The highest BCUT2D eigenvalue weighted by atomic mass is 16.6. The largest absolute Gasteiger partial charge is 0.451 e. The standard InChI is InChI=1S/C9H12O3/c1-8(11)12-9(7-10)5-3-2-4-6-9/h2-3,7H,4-6H2,1H3. The molecular formula is C9H12O3. The fraction of sp³-hybridized carbons (Fsp3) is 0.556. The maximum absolute atomic E-state index is 10.7. The van der Waals surface area contributed by atoms with E-state index in [1.54, 1.807) is 0 Å². The molecule has 0 heterocycles. The van der Waals surface area contributed by atoms with E-state index in [1.807, 2.05) is 12.2 Å². The molecule has 0 saturated heterocycles. The zero-order chi connectivity index (χ0) is 9.03. The summed E-state index contributed by atoms with van der Waals surface area (Å²) in [5, 5.41) is 0. The molecule has 3 nitrogen and oxygen atoms in total. The average molecular weight is 168 g/mol. The molecule has 12 heavy (non-hydrogen) atoms. The summed E-state index contributed by atoms with van der Waals surface area (Å²) in [5.41, 5.74) is -0.874. The van der Waals surface area contributed by atoms with Crippen LogP contribution in [-0.4, -0.2) is 17.9 Å². The van der Waals surface area contributed by atoms with Crippen LogP contribution in [0.2, 0.25) is 0 Å². The summed E-state index contributed by atoms with van der Waals surface area (Å²) in [6.07, 6.45) is 6.51. The molecule has 0 amide bonds. The van der Waals surface area contributed by atoms with Gasteiger partial charge in [0.15, 0.2) is 11.9 Å². The SMILES string of the molecule is CC(=O)OC1(C=O)CC=CCC1. The van der Waals surface area contributed by atoms with Crippen LogP contribution in [0.5, 0.6) is 0 Å². The van der Waals surface area contributed by atoms with Gasteiger partial charge in [0.1, 0.15) is 0 Å². The van der Waals surface area contributed by atoms with E-state index in [0.717, 1.165) is 12.7 Å². The topological polar surface area (TPSA) is 43.4 Å². The highest BCUT2D eigenvalue weighted by Crippen LogP contribution is 2.25. The van der Waals surface area contributed by atoms with E-state index in [9.17, 15) is 9.59 Å². The van der Waals surface area contributed by atoms with Crippen molar-refractivity contribution in [2.75, 3.05) is 0 Å². The lowest BCUT2D eigenvalue weighted by atomic mass is 9.90. The van der Waals surface area contributed by atoms with Crippen molar-refractivity contribution in [2.24, 2.45) is 0 Å². The molecule has 0 saturated carbocycles. The molecule has 0 aliphatic heterocycles. The Morgan fingerprint density at radius 2 is 2.33 bits per heavy atom. The van der Waals surface area contributed by atoms with Crippen molar-refractivity contribution in [1.29, 1.82) is 0 Å². The quantitative estimate of drug-likeness (QED) is 0.354. The molecule has 1 unspecified atom stereocenters. The van der Waals surface area contributed by atoms with E-state index in [4.69, 9.17) is 4.74 Å². The Labute approximate surface area is 71.4 Å². The number of hydrogen-bond donors (Lipinski definition) is 0. The van der Waals surface area contributed by atoms with Crippen LogP contribution in [0.3, 0.4) is 0 Å².